The summed E-state index contributed by atoms with van der Waals surface area (Å²) in [4.78, 5) is 31.0. The second kappa shape index (κ2) is 9.88. The van der Waals surface area contributed by atoms with Gasteiger partial charge in [-0.1, -0.05) is 42.5 Å². The van der Waals surface area contributed by atoms with Gasteiger partial charge in [-0.05, 0) is 52.7 Å². The summed E-state index contributed by atoms with van der Waals surface area (Å²) in [6.07, 6.45) is 1.41. The van der Waals surface area contributed by atoms with E-state index in [2.05, 4.69) is 31.4 Å². The minimum absolute atomic E-state index is 0.0334. The van der Waals surface area contributed by atoms with Gasteiger partial charge in [0.15, 0.2) is 11.5 Å². The molecule has 1 heterocycles. The lowest BCUT2D eigenvalue weighted by atomic mass is 10.1. The number of hydrogen-bond acceptors (Lipinski definition) is 6. The molecule has 0 bridgehead atoms. The number of phenolic OH excluding ortho intramolecular Hbond substituents is 1. The molecule has 1 atom stereocenters. The maximum Gasteiger partial charge on any atom is 0.263 e. The first-order valence-electron chi connectivity index (χ1n) is 10.4. The largest absolute Gasteiger partial charge is 0.503 e. The molecule has 4 aromatic rings. The SMILES string of the molecule is COc1cc(/C=N\NC(=O)[C@@H](C)n2c(-c3ccccc3)nc3ccccc3c2=O)cc(Br)c1O. The van der Waals surface area contributed by atoms with Gasteiger partial charge in [-0.25, -0.2) is 10.4 Å². The Morgan fingerprint density at radius 1 is 1.18 bits per heavy atom. The number of nitrogens with one attached hydrogen (secondary N) is 1. The highest BCUT2D eigenvalue weighted by molar-refractivity contribution is 9.10. The minimum Gasteiger partial charge on any atom is -0.503 e. The highest BCUT2D eigenvalue weighted by Crippen LogP contribution is 2.34. The Bertz CT molecular complexity index is 1450. The van der Waals surface area contributed by atoms with Gasteiger partial charge in [0.05, 0.1) is 28.7 Å². The van der Waals surface area contributed by atoms with Crippen LogP contribution in [0.3, 0.4) is 0 Å². The van der Waals surface area contributed by atoms with E-state index in [4.69, 9.17) is 4.74 Å². The van der Waals surface area contributed by atoms with E-state index >= 15 is 0 Å². The molecule has 0 aliphatic heterocycles. The number of hydrogen-bond donors (Lipinski definition) is 2. The van der Waals surface area contributed by atoms with Crippen molar-refractivity contribution in [2.45, 2.75) is 13.0 Å². The zero-order valence-electron chi connectivity index (χ0n) is 18.4. The van der Waals surface area contributed by atoms with Crippen LogP contribution in [0.15, 0.2) is 81.1 Å². The standard InChI is InChI=1S/C25H21BrN4O4/c1-15(24(32)29-27-14-16-12-19(26)22(31)21(13-16)34-2)30-23(17-8-4-3-5-9-17)28-20-11-7-6-10-18(20)25(30)33/h3-15,31H,1-2H3,(H,29,32)/b27-14-/t15-/m1/s1. The lowest BCUT2D eigenvalue weighted by Gasteiger charge is -2.18. The number of nitrogens with zero attached hydrogens (tertiary/aromatic N) is 3. The number of carbonyl (C=O) groups excluding carboxylic acids is 1. The first kappa shape index (κ1) is 23.2. The van der Waals surface area contributed by atoms with Crippen molar-refractivity contribution in [2.75, 3.05) is 7.11 Å². The van der Waals surface area contributed by atoms with Crippen LogP contribution >= 0.6 is 15.9 Å². The second-order valence-electron chi connectivity index (χ2n) is 7.46. The van der Waals surface area contributed by atoms with Crippen LogP contribution in [-0.4, -0.2) is 33.9 Å². The molecular weight excluding hydrogens is 500 g/mol. The highest BCUT2D eigenvalue weighted by Gasteiger charge is 2.22. The highest BCUT2D eigenvalue weighted by atomic mass is 79.9. The van der Waals surface area contributed by atoms with Gasteiger partial charge >= 0.3 is 0 Å². The third-order valence-electron chi connectivity index (χ3n) is 5.27. The second-order valence-corrected chi connectivity index (χ2v) is 8.31. The van der Waals surface area contributed by atoms with Gasteiger partial charge in [-0.2, -0.15) is 5.10 Å². The zero-order valence-corrected chi connectivity index (χ0v) is 20.0. The molecule has 172 valence electrons. The van der Waals surface area contributed by atoms with Crippen molar-refractivity contribution in [3.63, 3.8) is 0 Å². The van der Waals surface area contributed by atoms with Crippen LogP contribution in [-0.2, 0) is 4.79 Å². The average molecular weight is 521 g/mol. The number of aromatic nitrogens is 2. The van der Waals surface area contributed by atoms with Gasteiger partial charge in [-0.3, -0.25) is 14.2 Å². The maximum absolute atomic E-state index is 13.4. The number of phenols is 1. The molecule has 1 aromatic heterocycles. The number of benzene rings is 3. The Labute approximate surface area is 203 Å². The van der Waals surface area contributed by atoms with Crippen molar-refractivity contribution >= 4 is 39.0 Å². The fraction of sp³-hybridized carbons (Fsp3) is 0.120. The Hall–Kier alpha value is -3.98. The van der Waals surface area contributed by atoms with E-state index in [0.717, 1.165) is 5.56 Å². The predicted molar refractivity (Wildman–Crippen MR) is 134 cm³/mol. The number of halogens is 1. The summed E-state index contributed by atoms with van der Waals surface area (Å²) in [6, 6.07) is 18.6. The molecule has 4 rings (SSSR count). The normalized spacial score (nSPS) is 12.1. The number of ether oxygens (including phenoxy) is 1. The Balaban J connectivity index is 1.67. The van der Waals surface area contributed by atoms with Crippen LogP contribution < -0.4 is 15.7 Å². The van der Waals surface area contributed by atoms with Crippen molar-refractivity contribution in [1.29, 1.82) is 0 Å². The van der Waals surface area contributed by atoms with Crippen LogP contribution in [0.25, 0.3) is 22.3 Å². The predicted octanol–water partition coefficient (Wildman–Crippen LogP) is 4.25. The molecule has 2 N–H and O–H groups in total. The quantitative estimate of drug-likeness (QED) is 0.292. The van der Waals surface area contributed by atoms with Crippen molar-refractivity contribution < 1.29 is 14.6 Å². The first-order valence-corrected chi connectivity index (χ1v) is 11.2. The van der Waals surface area contributed by atoms with Gasteiger partial charge in [0.25, 0.3) is 11.5 Å². The number of fused-ring (bicyclic) bond motifs is 1. The molecule has 0 fully saturated rings. The Kier molecular flexibility index (Phi) is 6.74. The van der Waals surface area contributed by atoms with Gasteiger partial charge in [0.2, 0.25) is 0 Å². The summed E-state index contributed by atoms with van der Waals surface area (Å²) in [7, 11) is 1.44. The molecule has 0 unspecified atom stereocenters. The monoisotopic (exact) mass is 520 g/mol. The number of rotatable bonds is 6. The van der Waals surface area contributed by atoms with Crippen molar-refractivity contribution in [1.82, 2.24) is 15.0 Å². The summed E-state index contributed by atoms with van der Waals surface area (Å²) in [5.41, 5.74) is 4.02. The van der Waals surface area contributed by atoms with E-state index in [0.29, 0.717) is 26.8 Å². The summed E-state index contributed by atoms with van der Waals surface area (Å²) < 4.78 is 6.92. The smallest absolute Gasteiger partial charge is 0.263 e. The number of para-hydroxylation sites is 1. The van der Waals surface area contributed by atoms with E-state index in [1.807, 2.05) is 36.4 Å². The summed E-state index contributed by atoms with van der Waals surface area (Å²) in [5, 5.41) is 14.4. The lowest BCUT2D eigenvalue weighted by molar-refractivity contribution is -0.123. The number of carbonyl (C=O) groups is 1. The topological polar surface area (TPSA) is 106 Å². The van der Waals surface area contributed by atoms with Crippen LogP contribution in [0.2, 0.25) is 0 Å². The van der Waals surface area contributed by atoms with E-state index in [1.165, 1.54) is 17.9 Å². The molecule has 9 heteroatoms. The van der Waals surface area contributed by atoms with E-state index in [9.17, 15) is 14.7 Å². The summed E-state index contributed by atoms with van der Waals surface area (Å²) in [6.45, 7) is 1.62. The summed E-state index contributed by atoms with van der Waals surface area (Å²) in [5.74, 6) is 0.131. The molecule has 0 radical (unpaired) electrons. The Morgan fingerprint density at radius 2 is 1.88 bits per heavy atom. The average Bonchev–Trinajstić information content (AvgIpc) is 2.86. The van der Waals surface area contributed by atoms with Gasteiger partial charge in [-0.15, -0.1) is 0 Å². The van der Waals surface area contributed by atoms with Crippen molar-refractivity contribution in [2.24, 2.45) is 5.10 Å². The zero-order chi connectivity index (χ0) is 24.2. The van der Waals surface area contributed by atoms with Crippen LogP contribution in [0.5, 0.6) is 11.5 Å². The maximum atomic E-state index is 13.4. The molecule has 8 nitrogen and oxygen atoms in total. The molecular formula is C25H21BrN4O4. The van der Waals surface area contributed by atoms with Crippen LogP contribution in [0.1, 0.15) is 18.5 Å². The molecule has 34 heavy (non-hydrogen) atoms. The summed E-state index contributed by atoms with van der Waals surface area (Å²) >= 11 is 3.25. The number of hydrazone groups is 1. The van der Waals surface area contributed by atoms with E-state index < -0.39 is 11.9 Å². The first-order chi connectivity index (χ1) is 16.4. The third kappa shape index (κ3) is 4.55. The fourth-order valence-electron chi connectivity index (χ4n) is 3.50. The van der Waals surface area contributed by atoms with Gasteiger partial charge < -0.3 is 9.84 Å². The van der Waals surface area contributed by atoms with Crippen molar-refractivity contribution in [3.05, 3.63) is 87.1 Å². The minimum atomic E-state index is -0.891. The van der Waals surface area contributed by atoms with E-state index in [1.54, 1.807) is 37.3 Å². The fourth-order valence-corrected chi connectivity index (χ4v) is 3.96. The molecule has 0 aliphatic carbocycles. The van der Waals surface area contributed by atoms with Gasteiger partial charge in [0, 0.05) is 5.56 Å². The molecule has 0 saturated carbocycles. The van der Waals surface area contributed by atoms with Crippen LogP contribution in [0.4, 0.5) is 0 Å². The van der Waals surface area contributed by atoms with Crippen LogP contribution in [0, 0.1) is 0 Å². The molecule has 1 amide bonds. The number of amides is 1. The number of methoxy groups -OCH3 is 1. The molecule has 0 saturated heterocycles. The van der Waals surface area contributed by atoms with Crippen molar-refractivity contribution in [3.8, 4) is 22.9 Å². The van der Waals surface area contributed by atoms with Gasteiger partial charge in [0.1, 0.15) is 11.9 Å². The lowest BCUT2D eigenvalue weighted by Crippen LogP contribution is -2.35. The molecule has 0 spiro atoms. The molecule has 3 aromatic carbocycles. The Morgan fingerprint density at radius 3 is 2.62 bits per heavy atom. The third-order valence-corrected chi connectivity index (χ3v) is 5.87. The number of aromatic hydroxyl groups is 1. The van der Waals surface area contributed by atoms with E-state index in [-0.39, 0.29) is 17.1 Å². The molecule has 0 aliphatic rings.